The van der Waals surface area contributed by atoms with Crippen LogP contribution >= 0.6 is 11.6 Å². The van der Waals surface area contributed by atoms with Crippen LogP contribution in [-0.2, 0) is 16.6 Å². The fourth-order valence-corrected chi connectivity index (χ4v) is 4.78. The maximum Gasteiger partial charge on any atom is 0.243 e. The molecule has 0 N–H and O–H groups in total. The maximum absolute atomic E-state index is 12.8. The fourth-order valence-electron chi connectivity index (χ4n) is 2.88. The molecule has 0 amide bonds. The second-order valence-electron chi connectivity index (χ2n) is 6.00. The third kappa shape index (κ3) is 3.95. The SMILES string of the molecule is Cc1cc(Cl)cc(S(=O)(=O)N2CCN(Cc3ccncc3)CC2)c1. The molecule has 128 valence electrons. The lowest BCUT2D eigenvalue weighted by atomic mass is 10.2. The highest BCUT2D eigenvalue weighted by Gasteiger charge is 2.28. The van der Waals surface area contributed by atoms with Crippen LogP contribution in [-0.4, -0.2) is 48.8 Å². The Morgan fingerprint density at radius 1 is 1.08 bits per heavy atom. The van der Waals surface area contributed by atoms with Gasteiger partial charge in [-0.2, -0.15) is 4.31 Å². The van der Waals surface area contributed by atoms with E-state index in [0.717, 1.165) is 12.1 Å². The molecule has 1 aromatic heterocycles. The van der Waals surface area contributed by atoms with Gasteiger partial charge in [0, 0.05) is 50.1 Å². The standard InChI is InChI=1S/C17H20ClN3O2S/c1-14-10-16(18)12-17(11-14)24(22,23)21-8-6-20(7-9-21)13-15-2-4-19-5-3-15/h2-5,10-12H,6-9,13H2,1H3. The van der Waals surface area contributed by atoms with E-state index >= 15 is 0 Å². The molecule has 2 aromatic rings. The van der Waals surface area contributed by atoms with Crippen molar-refractivity contribution >= 4 is 21.6 Å². The van der Waals surface area contributed by atoms with Gasteiger partial charge in [0.15, 0.2) is 0 Å². The molecule has 0 aliphatic carbocycles. The van der Waals surface area contributed by atoms with Gasteiger partial charge in [0.05, 0.1) is 4.90 Å². The van der Waals surface area contributed by atoms with Crippen LogP contribution in [0.25, 0.3) is 0 Å². The normalized spacial score (nSPS) is 17.1. The number of hydrogen-bond donors (Lipinski definition) is 0. The van der Waals surface area contributed by atoms with E-state index in [1.165, 1.54) is 11.6 Å². The van der Waals surface area contributed by atoms with E-state index in [4.69, 9.17) is 11.6 Å². The minimum Gasteiger partial charge on any atom is -0.296 e. The van der Waals surface area contributed by atoms with Gasteiger partial charge < -0.3 is 0 Å². The lowest BCUT2D eigenvalue weighted by Gasteiger charge is -2.34. The largest absolute Gasteiger partial charge is 0.296 e. The zero-order valence-electron chi connectivity index (χ0n) is 13.5. The Morgan fingerprint density at radius 3 is 2.38 bits per heavy atom. The molecule has 0 saturated carbocycles. The fraction of sp³-hybridized carbons (Fsp3) is 0.353. The molecule has 1 aliphatic rings. The van der Waals surface area contributed by atoms with Crippen LogP contribution in [0.1, 0.15) is 11.1 Å². The summed E-state index contributed by atoms with van der Waals surface area (Å²) >= 11 is 6.01. The lowest BCUT2D eigenvalue weighted by Crippen LogP contribution is -2.48. The Bertz CT molecular complexity index is 784. The molecule has 2 heterocycles. The first-order valence-electron chi connectivity index (χ1n) is 7.84. The molecule has 0 bridgehead atoms. The molecular formula is C17H20ClN3O2S. The molecule has 1 aliphatic heterocycles. The summed E-state index contributed by atoms with van der Waals surface area (Å²) in [6, 6.07) is 8.92. The summed E-state index contributed by atoms with van der Waals surface area (Å²) in [7, 11) is -3.49. The van der Waals surface area contributed by atoms with E-state index < -0.39 is 10.0 Å². The van der Waals surface area contributed by atoms with Crippen molar-refractivity contribution in [3.05, 3.63) is 58.9 Å². The Hall–Kier alpha value is -1.47. The van der Waals surface area contributed by atoms with Gasteiger partial charge in [0.25, 0.3) is 0 Å². The van der Waals surface area contributed by atoms with Crippen molar-refractivity contribution in [1.82, 2.24) is 14.2 Å². The van der Waals surface area contributed by atoms with Gasteiger partial charge >= 0.3 is 0 Å². The van der Waals surface area contributed by atoms with Crippen LogP contribution < -0.4 is 0 Å². The van der Waals surface area contributed by atoms with Crippen molar-refractivity contribution < 1.29 is 8.42 Å². The van der Waals surface area contributed by atoms with Gasteiger partial charge in [-0.3, -0.25) is 9.88 Å². The van der Waals surface area contributed by atoms with Crippen LogP contribution in [0.15, 0.2) is 47.6 Å². The average Bonchev–Trinajstić information content (AvgIpc) is 2.55. The zero-order valence-corrected chi connectivity index (χ0v) is 15.1. The topological polar surface area (TPSA) is 53.5 Å². The molecule has 1 saturated heterocycles. The third-order valence-corrected chi connectivity index (χ3v) is 6.23. The highest BCUT2D eigenvalue weighted by atomic mass is 35.5. The highest BCUT2D eigenvalue weighted by Crippen LogP contribution is 2.23. The van der Waals surface area contributed by atoms with Gasteiger partial charge in [-0.05, 0) is 48.4 Å². The van der Waals surface area contributed by atoms with Crippen LogP contribution in [0.4, 0.5) is 0 Å². The molecule has 5 nitrogen and oxygen atoms in total. The monoisotopic (exact) mass is 365 g/mol. The number of pyridine rings is 1. The second kappa shape index (κ2) is 7.19. The number of rotatable bonds is 4. The van der Waals surface area contributed by atoms with E-state index in [1.54, 1.807) is 28.8 Å². The molecule has 0 spiro atoms. The highest BCUT2D eigenvalue weighted by molar-refractivity contribution is 7.89. The summed E-state index contributed by atoms with van der Waals surface area (Å²) in [5, 5.41) is 0.449. The molecule has 7 heteroatoms. The van der Waals surface area contributed by atoms with Crippen molar-refractivity contribution in [2.24, 2.45) is 0 Å². The number of piperazine rings is 1. The third-order valence-electron chi connectivity index (χ3n) is 4.14. The van der Waals surface area contributed by atoms with E-state index in [0.29, 0.717) is 31.2 Å². The summed E-state index contributed by atoms with van der Waals surface area (Å²) in [5.41, 5.74) is 2.03. The van der Waals surface area contributed by atoms with Crippen molar-refractivity contribution in [2.45, 2.75) is 18.4 Å². The van der Waals surface area contributed by atoms with E-state index in [1.807, 2.05) is 19.1 Å². The van der Waals surface area contributed by atoms with Gasteiger partial charge in [0.2, 0.25) is 10.0 Å². The lowest BCUT2D eigenvalue weighted by molar-refractivity contribution is 0.181. The summed E-state index contributed by atoms with van der Waals surface area (Å²) < 4.78 is 27.1. The van der Waals surface area contributed by atoms with Gasteiger partial charge in [-0.25, -0.2) is 8.42 Å². The molecular weight excluding hydrogens is 346 g/mol. The van der Waals surface area contributed by atoms with E-state index in [-0.39, 0.29) is 4.90 Å². The first kappa shape index (κ1) is 17.4. The van der Waals surface area contributed by atoms with Crippen molar-refractivity contribution in [3.63, 3.8) is 0 Å². The number of sulfonamides is 1. The Morgan fingerprint density at radius 2 is 1.75 bits per heavy atom. The molecule has 3 rings (SSSR count). The quantitative estimate of drug-likeness (QED) is 0.835. The molecule has 1 aromatic carbocycles. The Balaban J connectivity index is 1.67. The predicted octanol–water partition coefficient (Wildman–Crippen LogP) is 2.55. The zero-order chi connectivity index (χ0) is 17.2. The van der Waals surface area contributed by atoms with Gasteiger partial charge in [-0.1, -0.05) is 11.6 Å². The number of aromatic nitrogens is 1. The summed E-state index contributed by atoms with van der Waals surface area (Å²) in [5.74, 6) is 0. The first-order valence-corrected chi connectivity index (χ1v) is 9.65. The maximum atomic E-state index is 12.8. The number of aryl methyl sites for hydroxylation is 1. The number of benzene rings is 1. The average molecular weight is 366 g/mol. The van der Waals surface area contributed by atoms with E-state index in [2.05, 4.69) is 9.88 Å². The first-order chi connectivity index (χ1) is 11.4. The second-order valence-corrected chi connectivity index (χ2v) is 8.37. The molecule has 1 fully saturated rings. The molecule has 24 heavy (non-hydrogen) atoms. The van der Waals surface area contributed by atoms with Crippen molar-refractivity contribution in [3.8, 4) is 0 Å². The summed E-state index contributed by atoms with van der Waals surface area (Å²) in [6.07, 6.45) is 3.55. The van der Waals surface area contributed by atoms with Crippen molar-refractivity contribution in [1.29, 1.82) is 0 Å². The van der Waals surface area contributed by atoms with Crippen LogP contribution in [0.2, 0.25) is 5.02 Å². The summed E-state index contributed by atoms with van der Waals surface area (Å²) in [6.45, 7) is 5.05. The Labute approximate surface area is 147 Å². The van der Waals surface area contributed by atoms with E-state index in [9.17, 15) is 8.42 Å². The molecule has 0 unspecified atom stereocenters. The smallest absolute Gasteiger partial charge is 0.243 e. The minimum absolute atomic E-state index is 0.273. The number of halogens is 1. The van der Waals surface area contributed by atoms with Crippen molar-refractivity contribution in [2.75, 3.05) is 26.2 Å². The number of hydrogen-bond acceptors (Lipinski definition) is 4. The minimum atomic E-state index is -3.49. The van der Waals surface area contributed by atoms with Gasteiger partial charge in [-0.15, -0.1) is 0 Å². The van der Waals surface area contributed by atoms with Crippen LogP contribution in [0.3, 0.4) is 0 Å². The number of nitrogens with zero attached hydrogens (tertiary/aromatic N) is 3. The van der Waals surface area contributed by atoms with Crippen LogP contribution in [0.5, 0.6) is 0 Å². The summed E-state index contributed by atoms with van der Waals surface area (Å²) in [4.78, 5) is 6.54. The predicted molar refractivity (Wildman–Crippen MR) is 94.5 cm³/mol. The Kier molecular flexibility index (Phi) is 5.20. The van der Waals surface area contributed by atoms with Gasteiger partial charge in [0.1, 0.15) is 0 Å². The molecule has 0 radical (unpaired) electrons. The van der Waals surface area contributed by atoms with Crippen LogP contribution in [0, 0.1) is 6.92 Å². The molecule has 0 atom stereocenters.